The number of aromatic hydroxyl groups is 1. The quantitative estimate of drug-likeness (QED) is 0.671. The molecule has 28 heavy (non-hydrogen) atoms. The van der Waals surface area contributed by atoms with Crippen LogP contribution < -0.4 is 10.1 Å². The van der Waals surface area contributed by atoms with Gasteiger partial charge in [0.2, 0.25) is 0 Å². The molecule has 0 radical (unpaired) electrons. The van der Waals surface area contributed by atoms with Gasteiger partial charge in [-0.1, -0.05) is 44.2 Å². The highest BCUT2D eigenvalue weighted by molar-refractivity contribution is 6.04. The van der Waals surface area contributed by atoms with E-state index in [1.54, 1.807) is 30.8 Å². The number of ether oxygens (including phenoxy) is 1. The van der Waals surface area contributed by atoms with Crippen LogP contribution in [-0.4, -0.2) is 33.1 Å². The van der Waals surface area contributed by atoms with Gasteiger partial charge < -0.3 is 15.2 Å². The number of nitrogens with zero attached hydrogens (tertiary/aromatic N) is 3. The third kappa shape index (κ3) is 3.69. The summed E-state index contributed by atoms with van der Waals surface area (Å²) in [6, 6.07) is 12.5. The number of phenols is 1. The zero-order valence-electron chi connectivity index (χ0n) is 16.6. The Kier molecular flexibility index (Phi) is 5.09. The second-order valence-electron chi connectivity index (χ2n) is 7.54. The Morgan fingerprint density at radius 1 is 1.18 bits per heavy atom. The van der Waals surface area contributed by atoms with Crippen molar-refractivity contribution >= 4 is 11.6 Å². The van der Waals surface area contributed by atoms with Gasteiger partial charge in [-0.2, -0.15) is 0 Å². The average Bonchev–Trinajstić information content (AvgIpc) is 3.03. The molecule has 1 amide bonds. The van der Waals surface area contributed by atoms with Crippen LogP contribution in [-0.2, 0) is 5.41 Å². The van der Waals surface area contributed by atoms with Crippen molar-refractivity contribution < 1.29 is 14.6 Å². The molecule has 2 N–H and O–H groups in total. The van der Waals surface area contributed by atoms with Gasteiger partial charge in [-0.05, 0) is 42.2 Å². The van der Waals surface area contributed by atoms with E-state index in [4.69, 9.17) is 4.74 Å². The van der Waals surface area contributed by atoms with Crippen molar-refractivity contribution in [3.05, 3.63) is 59.4 Å². The maximum absolute atomic E-state index is 12.8. The van der Waals surface area contributed by atoms with Crippen molar-refractivity contribution in [3.63, 3.8) is 0 Å². The van der Waals surface area contributed by atoms with Crippen LogP contribution in [0.25, 0.3) is 5.69 Å². The molecule has 0 aliphatic carbocycles. The fourth-order valence-corrected chi connectivity index (χ4v) is 2.86. The number of methoxy groups -OCH3 is 1. The molecule has 1 aromatic heterocycles. The van der Waals surface area contributed by atoms with Gasteiger partial charge in [0.15, 0.2) is 5.69 Å². The first kappa shape index (κ1) is 19.4. The second-order valence-corrected chi connectivity index (χ2v) is 7.54. The molecule has 7 nitrogen and oxygen atoms in total. The third-order valence-corrected chi connectivity index (χ3v) is 4.53. The summed E-state index contributed by atoms with van der Waals surface area (Å²) in [7, 11) is 1.57. The fraction of sp³-hybridized carbons (Fsp3) is 0.286. The maximum atomic E-state index is 12.8. The zero-order chi connectivity index (χ0) is 20.5. The number of para-hydroxylation sites is 2. The van der Waals surface area contributed by atoms with Crippen molar-refractivity contribution in [1.29, 1.82) is 0 Å². The lowest BCUT2D eigenvalue weighted by Crippen LogP contribution is -2.16. The van der Waals surface area contributed by atoms with Gasteiger partial charge in [0.05, 0.1) is 18.5 Å². The molecule has 0 saturated carbocycles. The van der Waals surface area contributed by atoms with Gasteiger partial charge in [0, 0.05) is 0 Å². The van der Waals surface area contributed by atoms with E-state index >= 15 is 0 Å². The third-order valence-electron chi connectivity index (χ3n) is 4.53. The Bertz CT molecular complexity index is 1020. The molecule has 0 bridgehead atoms. The topological polar surface area (TPSA) is 89.3 Å². The number of phenolic OH excluding ortho intramolecular Hbond substituents is 1. The molecule has 3 aromatic rings. The van der Waals surface area contributed by atoms with E-state index in [2.05, 4.69) is 36.4 Å². The summed E-state index contributed by atoms with van der Waals surface area (Å²) in [6.45, 7) is 7.95. The molecule has 1 heterocycles. The molecule has 7 heteroatoms. The minimum absolute atomic E-state index is 0.00359. The van der Waals surface area contributed by atoms with Gasteiger partial charge in [-0.25, -0.2) is 4.68 Å². The highest BCUT2D eigenvalue weighted by atomic mass is 16.5. The second kappa shape index (κ2) is 7.34. The van der Waals surface area contributed by atoms with Gasteiger partial charge >= 0.3 is 0 Å². The van der Waals surface area contributed by atoms with Crippen molar-refractivity contribution in [2.75, 3.05) is 12.4 Å². The zero-order valence-corrected chi connectivity index (χ0v) is 16.6. The highest BCUT2D eigenvalue weighted by Crippen LogP contribution is 2.31. The number of aromatic nitrogens is 3. The number of amides is 1. The minimum Gasteiger partial charge on any atom is -0.506 e. The number of hydrogen-bond acceptors (Lipinski definition) is 5. The summed E-state index contributed by atoms with van der Waals surface area (Å²) < 4.78 is 6.91. The highest BCUT2D eigenvalue weighted by Gasteiger charge is 2.21. The van der Waals surface area contributed by atoms with E-state index in [1.807, 2.05) is 30.3 Å². The maximum Gasteiger partial charge on any atom is 0.278 e. The molecule has 2 aromatic carbocycles. The summed E-state index contributed by atoms with van der Waals surface area (Å²) >= 11 is 0. The first-order valence-corrected chi connectivity index (χ1v) is 8.93. The van der Waals surface area contributed by atoms with Gasteiger partial charge in [0.25, 0.3) is 5.91 Å². The predicted molar refractivity (Wildman–Crippen MR) is 107 cm³/mol. The van der Waals surface area contributed by atoms with E-state index in [0.29, 0.717) is 22.8 Å². The first-order chi connectivity index (χ1) is 13.2. The van der Waals surface area contributed by atoms with Crippen LogP contribution in [0.5, 0.6) is 11.5 Å². The van der Waals surface area contributed by atoms with Crippen molar-refractivity contribution in [2.45, 2.75) is 33.1 Å². The SMILES string of the molecule is COc1ccccc1-n1nnc(C(=O)Nc2cc(C(C)(C)C)ccc2O)c1C. The van der Waals surface area contributed by atoms with Crippen LogP contribution in [0.15, 0.2) is 42.5 Å². The van der Waals surface area contributed by atoms with Crippen molar-refractivity contribution in [3.8, 4) is 17.2 Å². The average molecular weight is 380 g/mol. The summed E-state index contributed by atoms with van der Waals surface area (Å²) in [5, 5.41) is 21.0. The molecule has 0 fully saturated rings. The predicted octanol–water partition coefficient (Wildman–Crippen LogP) is 3.84. The van der Waals surface area contributed by atoms with Gasteiger partial charge in [-0.15, -0.1) is 5.10 Å². The number of anilines is 1. The molecule has 3 rings (SSSR count). The molecular formula is C21H24N4O3. The molecule has 0 aliphatic rings. The Hall–Kier alpha value is -3.35. The van der Waals surface area contributed by atoms with Crippen LogP contribution in [0.1, 0.15) is 42.5 Å². The Labute approximate surface area is 164 Å². The number of carbonyl (C=O) groups is 1. The van der Waals surface area contributed by atoms with Crippen molar-refractivity contribution in [2.24, 2.45) is 0 Å². The Morgan fingerprint density at radius 3 is 2.57 bits per heavy atom. The van der Waals surface area contributed by atoms with E-state index < -0.39 is 5.91 Å². The normalized spacial score (nSPS) is 11.3. The number of nitrogens with one attached hydrogen (secondary N) is 1. The fourth-order valence-electron chi connectivity index (χ4n) is 2.86. The molecule has 146 valence electrons. The lowest BCUT2D eigenvalue weighted by atomic mass is 9.87. The van der Waals surface area contributed by atoms with E-state index in [0.717, 1.165) is 5.56 Å². The smallest absolute Gasteiger partial charge is 0.278 e. The van der Waals surface area contributed by atoms with Crippen LogP contribution in [0.2, 0.25) is 0 Å². The molecular weight excluding hydrogens is 356 g/mol. The standard InChI is InChI=1S/C21H24N4O3/c1-13-19(23-24-25(13)16-8-6-7-9-18(16)28-5)20(27)22-15-12-14(21(2,3)4)10-11-17(15)26/h6-12,26H,1-5H3,(H,22,27). The molecule has 0 spiro atoms. The molecule has 0 atom stereocenters. The Balaban J connectivity index is 1.92. The molecule has 0 aliphatic heterocycles. The van der Waals surface area contributed by atoms with E-state index in [9.17, 15) is 9.90 Å². The lowest BCUT2D eigenvalue weighted by molar-refractivity contribution is 0.102. The molecule has 0 saturated heterocycles. The number of benzene rings is 2. The summed E-state index contributed by atoms with van der Waals surface area (Å²) in [4.78, 5) is 12.8. The number of rotatable bonds is 4. The van der Waals surface area contributed by atoms with E-state index in [1.165, 1.54) is 0 Å². The Morgan fingerprint density at radius 2 is 1.89 bits per heavy atom. The number of carbonyl (C=O) groups excluding carboxylic acids is 1. The summed E-state index contributed by atoms with van der Waals surface area (Å²) in [5.41, 5.74) is 2.64. The largest absolute Gasteiger partial charge is 0.506 e. The first-order valence-electron chi connectivity index (χ1n) is 8.93. The number of hydrogen-bond donors (Lipinski definition) is 2. The minimum atomic E-state index is -0.444. The molecule has 0 unspecified atom stereocenters. The van der Waals surface area contributed by atoms with Gasteiger partial charge in [-0.3, -0.25) is 4.79 Å². The van der Waals surface area contributed by atoms with Crippen LogP contribution in [0.4, 0.5) is 5.69 Å². The van der Waals surface area contributed by atoms with Gasteiger partial charge in [0.1, 0.15) is 17.2 Å². The van der Waals surface area contributed by atoms with Crippen LogP contribution in [0.3, 0.4) is 0 Å². The lowest BCUT2D eigenvalue weighted by Gasteiger charge is -2.20. The van der Waals surface area contributed by atoms with Crippen LogP contribution in [0, 0.1) is 6.92 Å². The summed E-state index contributed by atoms with van der Waals surface area (Å²) in [5.74, 6) is 0.175. The van der Waals surface area contributed by atoms with Crippen molar-refractivity contribution in [1.82, 2.24) is 15.0 Å². The monoisotopic (exact) mass is 380 g/mol. The summed E-state index contributed by atoms with van der Waals surface area (Å²) in [6.07, 6.45) is 0. The van der Waals surface area contributed by atoms with Crippen LogP contribution >= 0.6 is 0 Å². The van der Waals surface area contributed by atoms with E-state index in [-0.39, 0.29) is 16.9 Å².